The number of nitrogens with one attached hydrogen (secondary N) is 1. The van der Waals surface area contributed by atoms with Crippen molar-refractivity contribution < 1.29 is 0 Å². The lowest BCUT2D eigenvalue weighted by Crippen LogP contribution is -2.38. The van der Waals surface area contributed by atoms with Crippen molar-refractivity contribution in [2.24, 2.45) is 11.3 Å². The fourth-order valence-corrected chi connectivity index (χ4v) is 2.28. The first-order valence-corrected chi connectivity index (χ1v) is 6.49. The Morgan fingerprint density at radius 2 is 1.93 bits per heavy atom. The number of hydrogen-bond donors (Lipinski definition) is 1. The van der Waals surface area contributed by atoms with Gasteiger partial charge in [0.05, 0.1) is 0 Å². The Balaban J connectivity index is 1.63. The van der Waals surface area contributed by atoms with Crippen molar-refractivity contribution in [2.45, 2.75) is 46.1 Å². The molecule has 1 atom stereocenters. The van der Waals surface area contributed by atoms with Crippen LogP contribution < -0.4 is 5.32 Å². The van der Waals surface area contributed by atoms with Crippen molar-refractivity contribution in [2.75, 3.05) is 26.2 Å². The van der Waals surface area contributed by atoms with Crippen LogP contribution in [-0.2, 0) is 0 Å². The zero-order chi connectivity index (χ0) is 10.9. The molecule has 0 aromatic rings. The minimum Gasteiger partial charge on any atom is -0.312 e. The second-order valence-electron chi connectivity index (χ2n) is 6.63. The minimum atomic E-state index is 0.421. The molecule has 2 heteroatoms. The first-order chi connectivity index (χ1) is 7.03. The molecular weight excluding hydrogens is 184 g/mol. The second kappa shape index (κ2) is 4.42. The molecule has 2 fully saturated rings. The molecule has 1 aliphatic heterocycles. The molecule has 0 bridgehead atoms. The Labute approximate surface area is 94.4 Å². The third-order valence-electron chi connectivity index (χ3n) is 3.41. The summed E-state index contributed by atoms with van der Waals surface area (Å²) in [6.07, 6.45) is 4.32. The van der Waals surface area contributed by atoms with Gasteiger partial charge in [-0.25, -0.2) is 0 Å². The average Bonchev–Trinajstić information content (AvgIpc) is 2.79. The smallest absolute Gasteiger partial charge is 0.0207 e. The first-order valence-electron chi connectivity index (χ1n) is 6.49. The summed E-state index contributed by atoms with van der Waals surface area (Å²) >= 11 is 0. The Morgan fingerprint density at radius 1 is 1.20 bits per heavy atom. The largest absolute Gasteiger partial charge is 0.312 e. The van der Waals surface area contributed by atoms with Gasteiger partial charge in [-0.2, -0.15) is 0 Å². The normalized spacial score (nSPS) is 28.6. The first kappa shape index (κ1) is 11.4. The summed E-state index contributed by atoms with van der Waals surface area (Å²) in [5.74, 6) is 1.05. The SMILES string of the molecule is CC(C)(C)CNC1CCN(CC2CC2)C1. The van der Waals surface area contributed by atoms with E-state index in [1.807, 2.05) is 0 Å². The lowest BCUT2D eigenvalue weighted by atomic mass is 9.96. The van der Waals surface area contributed by atoms with E-state index in [4.69, 9.17) is 0 Å². The molecule has 2 nitrogen and oxygen atoms in total. The van der Waals surface area contributed by atoms with Crippen molar-refractivity contribution in [3.63, 3.8) is 0 Å². The maximum atomic E-state index is 3.70. The van der Waals surface area contributed by atoms with Gasteiger partial charge in [0.25, 0.3) is 0 Å². The summed E-state index contributed by atoms with van der Waals surface area (Å²) in [6, 6.07) is 0.753. The van der Waals surface area contributed by atoms with E-state index in [1.54, 1.807) is 0 Å². The predicted molar refractivity (Wildman–Crippen MR) is 65.0 cm³/mol. The van der Waals surface area contributed by atoms with Gasteiger partial charge >= 0.3 is 0 Å². The molecule has 0 radical (unpaired) electrons. The minimum absolute atomic E-state index is 0.421. The standard InChI is InChI=1S/C13H26N2/c1-13(2,3)10-14-12-6-7-15(9-12)8-11-4-5-11/h11-12,14H,4-10H2,1-3H3. The van der Waals surface area contributed by atoms with E-state index >= 15 is 0 Å². The molecule has 0 aromatic carbocycles. The van der Waals surface area contributed by atoms with Crippen LogP contribution in [-0.4, -0.2) is 37.1 Å². The topological polar surface area (TPSA) is 15.3 Å². The summed E-state index contributed by atoms with van der Waals surface area (Å²) in [5, 5.41) is 3.70. The van der Waals surface area contributed by atoms with E-state index in [2.05, 4.69) is 31.0 Å². The Morgan fingerprint density at radius 3 is 2.53 bits per heavy atom. The van der Waals surface area contributed by atoms with Crippen LogP contribution >= 0.6 is 0 Å². The van der Waals surface area contributed by atoms with Crippen LogP contribution in [0.3, 0.4) is 0 Å². The van der Waals surface area contributed by atoms with Gasteiger partial charge in [0.15, 0.2) is 0 Å². The molecular formula is C13H26N2. The Kier molecular flexibility index (Phi) is 3.36. The average molecular weight is 210 g/mol. The highest BCUT2D eigenvalue weighted by Crippen LogP contribution is 2.30. The number of nitrogens with zero attached hydrogens (tertiary/aromatic N) is 1. The van der Waals surface area contributed by atoms with E-state index in [-0.39, 0.29) is 0 Å². The fraction of sp³-hybridized carbons (Fsp3) is 1.00. The van der Waals surface area contributed by atoms with Gasteiger partial charge in [0.1, 0.15) is 0 Å². The summed E-state index contributed by atoms with van der Waals surface area (Å²) in [7, 11) is 0. The van der Waals surface area contributed by atoms with Crippen LogP contribution in [0.1, 0.15) is 40.0 Å². The van der Waals surface area contributed by atoms with Crippen LogP contribution in [0.2, 0.25) is 0 Å². The molecule has 1 unspecified atom stereocenters. The van der Waals surface area contributed by atoms with Crippen LogP contribution in [0, 0.1) is 11.3 Å². The molecule has 1 heterocycles. The van der Waals surface area contributed by atoms with E-state index in [0.29, 0.717) is 5.41 Å². The van der Waals surface area contributed by atoms with Crippen LogP contribution in [0.25, 0.3) is 0 Å². The van der Waals surface area contributed by atoms with Crippen molar-refractivity contribution in [3.8, 4) is 0 Å². The molecule has 15 heavy (non-hydrogen) atoms. The van der Waals surface area contributed by atoms with Gasteiger partial charge in [-0.1, -0.05) is 20.8 Å². The van der Waals surface area contributed by atoms with Gasteiger partial charge in [-0.15, -0.1) is 0 Å². The maximum Gasteiger partial charge on any atom is 0.0207 e. The Bertz CT molecular complexity index is 203. The maximum absolute atomic E-state index is 3.70. The monoisotopic (exact) mass is 210 g/mol. The molecule has 2 aliphatic rings. The van der Waals surface area contributed by atoms with Gasteiger partial charge in [0, 0.05) is 25.7 Å². The summed E-state index contributed by atoms with van der Waals surface area (Å²) in [6.45, 7) is 12.0. The highest BCUT2D eigenvalue weighted by atomic mass is 15.2. The number of hydrogen-bond acceptors (Lipinski definition) is 2. The molecule has 88 valence electrons. The third-order valence-corrected chi connectivity index (χ3v) is 3.41. The van der Waals surface area contributed by atoms with Crippen LogP contribution in [0.4, 0.5) is 0 Å². The van der Waals surface area contributed by atoms with Crippen LogP contribution in [0.5, 0.6) is 0 Å². The van der Waals surface area contributed by atoms with Crippen molar-refractivity contribution in [1.29, 1.82) is 0 Å². The van der Waals surface area contributed by atoms with E-state index < -0.39 is 0 Å². The molecule has 1 N–H and O–H groups in total. The zero-order valence-electron chi connectivity index (χ0n) is 10.6. The molecule has 0 amide bonds. The summed E-state index contributed by atoms with van der Waals surface area (Å²) in [5.41, 5.74) is 0.421. The lowest BCUT2D eigenvalue weighted by Gasteiger charge is -2.22. The van der Waals surface area contributed by atoms with Gasteiger partial charge in [0.2, 0.25) is 0 Å². The molecule has 1 saturated heterocycles. The Hall–Kier alpha value is -0.0800. The molecule has 0 spiro atoms. The molecule has 2 rings (SSSR count). The number of rotatable bonds is 4. The van der Waals surface area contributed by atoms with E-state index in [0.717, 1.165) is 18.5 Å². The highest BCUT2D eigenvalue weighted by Gasteiger charge is 2.29. The van der Waals surface area contributed by atoms with Crippen LogP contribution in [0.15, 0.2) is 0 Å². The summed E-state index contributed by atoms with van der Waals surface area (Å²) < 4.78 is 0. The molecule has 1 saturated carbocycles. The molecule has 0 aromatic heterocycles. The summed E-state index contributed by atoms with van der Waals surface area (Å²) in [4.78, 5) is 2.65. The molecule has 1 aliphatic carbocycles. The highest BCUT2D eigenvalue weighted by molar-refractivity contribution is 4.86. The van der Waals surface area contributed by atoms with Gasteiger partial charge in [-0.05, 0) is 37.1 Å². The second-order valence-corrected chi connectivity index (χ2v) is 6.63. The van der Waals surface area contributed by atoms with Crippen molar-refractivity contribution in [3.05, 3.63) is 0 Å². The van der Waals surface area contributed by atoms with Gasteiger partial charge in [-0.3, -0.25) is 0 Å². The fourth-order valence-electron chi connectivity index (χ4n) is 2.28. The lowest BCUT2D eigenvalue weighted by molar-refractivity contribution is 0.302. The quantitative estimate of drug-likeness (QED) is 0.764. The third kappa shape index (κ3) is 4.12. The zero-order valence-corrected chi connectivity index (χ0v) is 10.6. The van der Waals surface area contributed by atoms with E-state index in [9.17, 15) is 0 Å². The predicted octanol–water partition coefficient (Wildman–Crippen LogP) is 2.11. The number of likely N-dealkylation sites (tertiary alicyclic amines) is 1. The van der Waals surface area contributed by atoms with Crippen molar-refractivity contribution in [1.82, 2.24) is 10.2 Å². The van der Waals surface area contributed by atoms with Crippen molar-refractivity contribution >= 4 is 0 Å². The van der Waals surface area contributed by atoms with E-state index in [1.165, 1.54) is 38.9 Å². The van der Waals surface area contributed by atoms with Gasteiger partial charge < -0.3 is 10.2 Å².